The van der Waals surface area contributed by atoms with Crippen molar-refractivity contribution in [3.8, 4) is 0 Å². The highest BCUT2D eigenvalue weighted by Crippen LogP contribution is 2.24. The van der Waals surface area contributed by atoms with Crippen molar-refractivity contribution in [1.82, 2.24) is 5.32 Å². The van der Waals surface area contributed by atoms with Crippen LogP contribution in [-0.4, -0.2) is 17.1 Å². The Morgan fingerprint density at radius 2 is 1.79 bits per heavy atom. The predicted octanol–water partition coefficient (Wildman–Crippen LogP) is 4.98. The maximum absolute atomic E-state index is 12.3. The van der Waals surface area contributed by atoms with Crippen molar-refractivity contribution in [3.05, 3.63) is 83.3 Å². The number of amides is 2. The van der Waals surface area contributed by atoms with E-state index in [0.29, 0.717) is 17.3 Å². The summed E-state index contributed by atoms with van der Waals surface area (Å²) in [5.41, 5.74) is 1.59. The molecule has 1 aromatic heterocycles. The number of hydrogen-bond donors (Lipinski definition) is 2. The average Bonchev–Trinajstić information content (AvgIpc) is 3.24. The van der Waals surface area contributed by atoms with Gasteiger partial charge in [-0.25, -0.2) is 0 Å². The van der Waals surface area contributed by atoms with Crippen molar-refractivity contribution in [2.24, 2.45) is 0 Å². The molecule has 0 aliphatic rings. The van der Waals surface area contributed by atoms with Gasteiger partial charge in [0.2, 0.25) is 5.91 Å². The van der Waals surface area contributed by atoms with Crippen LogP contribution in [0.2, 0.25) is 5.02 Å². The molecule has 1 atom stereocenters. The standard InChI is InChI=1S/C21H19ClN2O3S/c1-14(28-18-10-6-16(22)7-11-18)20(25)23-13-15-4-8-17(9-5-15)24-21(26)19-3-2-12-27-19/h2-12,14H,13H2,1H3,(H,23,25)(H,24,26). The Bertz CT molecular complexity index is 925. The van der Waals surface area contributed by atoms with E-state index in [2.05, 4.69) is 10.6 Å². The van der Waals surface area contributed by atoms with E-state index in [-0.39, 0.29) is 22.8 Å². The van der Waals surface area contributed by atoms with Gasteiger partial charge in [0.25, 0.3) is 5.91 Å². The van der Waals surface area contributed by atoms with E-state index in [0.717, 1.165) is 10.5 Å². The molecule has 0 aliphatic carbocycles. The van der Waals surface area contributed by atoms with Gasteiger partial charge in [-0.05, 0) is 61.0 Å². The van der Waals surface area contributed by atoms with Crippen LogP contribution in [0, 0.1) is 0 Å². The molecule has 7 heteroatoms. The van der Waals surface area contributed by atoms with Crippen molar-refractivity contribution in [1.29, 1.82) is 0 Å². The third-order valence-corrected chi connectivity index (χ3v) is 5.28. The lowest BCUT2D eigenvalue weighted by molar-refractivity contribution is -0.120. The van der Waals surface area contributed by atoms with Gasteiger partial charge in [-0.15, -0.1) is 11.8 Å². The average molecular weight is 415 g/mol. The monoisotopic (exact) mass is 414 g/mol. The van der Waals surface area contributed by atoms with Gasteiger partial charge < -0.3 is 15.1 Å². The molecule has 1 heterocycles. The summed E-state index contributed by atoms with van der Waals surface area (Å²) in [6.07, 6.45) is 1.45. The molecular formula is C21H19ClN2O3S. The summed E-state index contributed by atoms with van der Waals surface area (Å²) < 4.78 is 5.06. The summed E-state index contributed by atoms with van der Waals surface area (Å²) in [5.74, 6) is -0.0993. The molecule has 0 saturated heterocycles. The molecule has 3 rings (SSSR count). The van der Waals surface area contributed by atoms with Crippen molar-refractivity contribution >= 4 is 40.9 Å². The molecule has 5 nitrogen and oxygen atoms in total. The van der Waals surface area contributed by atoms with Crippen molar-refractivity contribution in [2.75, 3.05) is 5.32 Å². The Kier molecular flexibility index (Phi) is 6.79. The molecule has 2 aromatic carbocycles. The van der Waals surface area contributed by atoms with E-state index in [1.807, 2.05) is 31.2 Å². The first-order chi connectivity index (χ1) is 13.5. The van der Waals surface area contributed by atoms with Crippen LogP contribution < -0.4 is 10.6 Å². The van der Waals surface area contributed by atoms with Gasteiger partial charge in [-0.2, -0.15) is 0 Å². The van der Waals surface area contributed by atoms with Crippen molar-refractivity contribution in [3.63, 3.8) is 0 Å². The highest BCUT2D eigenvalue weighted by Gasteiger charge is 2.14. The maximum atomic E-state index is 12.3. The molecule has 1 unspecified atom stereocenters. The zero-order chi connectivity index (χ0) is 19.9. The van der Waals surface area contributed by atoms with Crippen LogP contribution in [0.5, 0.6) is 0 Å². The minimum Gasteiger partial charge on any atom is -0.459 e. The second kappa shape index (κ2) is 9.48. The molecule has 0 fully saturated rings. The van der Waals surface area contributed by atoms with Crippen LogP contribution in [0.25, 0.3) is 0 Å². The van der Waals surface area contributed by atoms with Crippen molar-refractivity contribution < 1.29 is 14.0 Å². The third kappa shape index (κ3) is 5.65. The molecule has 0 saturated carbocycles. The number of halogens is 1. The highest BCUT2D eigenvalue weighted by atomic mass is 35.5. The Morgan fingerprint density at radius 1 is 1.07 bits per heavy atom. The maximum Gasteiger partial charge on any atom is 0.291 e. The van der Waals surface area contributed by atoms with E-state index in [4.69, 9.17) is 16.0 Å². The first-order valence-corrected chi connectivity index (χ1v) is 9.91. The van der Waals surface area contributed by atoms with E-state index >= 15 is 0 Å². The molecular weight excluding hydrogens is 396 g/mol. The molecule has 144 valence electrons. The summed E-state index contributed by atoms with van der Waals surface area (Å²) in [5, 5.41) is 6.12. The fourth-order valence-electron chi connectivity index (χ4n) is 2.41. The van der Waals surface area contributed by atoms with Gasteiger partial charge in [0.15, 0.2) is 5.76 Å². The smallest absolute Gasteiger partial charge is 0.291 e. The number of carbonyl (C=O) groups excluding carboxylic acids is 2. The number of rotatable bonds is 7. The number of anilines is 1. The van der Waals surface area contributed by atoms with Crippen LogP contribution in [0.1, 0.15) is 23.0 Å². The summed E-state index contributed by atoms with van der Waals surface area (Å²) in [6.45, 7) is 2.28. The molecule has 28 heavy (non-hydrogen) atoms. The topological polar surface area (TPSA) is 71.3 Å². The fourth-order valence-corrected chi connectivity index (χ4v) is 3.43. The fraction of sp³-hybridized carbons (Fsp3) is 0.143. The zero-order valence-electron chi connectivity index (χ0n) is 15.1. The lowest BCUT2D eigenvalue weighted by Gasteiger charge is -2.12. The number of carbonyl (C=O) groups is 2. The SMILES string of the molecule is CC(Sc1ccc(Cl)cc1)C(=O)NCc1ccc(NC(=O)c2ccco2)cc1. The Labute approximate surface area is 172 Å². The lowest BCUT2D eigenvalue weighted by Crippen LogP contribution is -2.30. The van der Waals surface area contributed by atoms with Crippen molar-refractivity contribution in [2.45, 2.75) is 23.6 Å². The van der Waals surface area contributed by atoms with Crippen LogP contribution in [0.4, 0.5) is 5.69 Å². The summed E-state index contributed by atoms with van der Waals surface area (Å²) >= 11 is 7.35. The van der Waals surface area contributed by atoms with Crippen LogP contribution in [0.15, 0.2) is 76.2 Å². The van der Waals surface area contributed by atoms with Crippen LogP contribution in [0.3, 0.4) is 0 Å². The molecule has 2 N–H and O–H groups in total. The second-order valence-corrected chi connectivity index (χ2v) is 7.91. The van der Waals surface area contributed by atoms with Gasteiger partial charge in [-0.1, -0.05) is 23.7 Å². The number of nitrogens with one attached hydrogen (secondary N) is 2. The van der Waals surface area contributed by atoms with E-state index in [1.54, 1.807) is 36.4 Å². The van der Waals surface area contributed by atoms with Crippen LogP contribution >= 0.6 is 23.4 Å². The quantitative estimate of drug-likeness (QED) is 0.535. The Balaban J connectivity index is 1.48. The third-order valence-electron chi connectivity index (χ3n) is 3.92. The molecule has 0 bridgehead atoms. The van der Waals surface area contributed by atoms with Gasteiger partial charge in [-0.3, -0.25) is 9.59 Å². The molecule has 0 spiro atoms. The van der Waals surface area contributed by atoms with E-state index in [1.165, 1.54) is 18.0 Å². The van der Waals surface area contributed by atoms with Gasteiger partial charge >= 0.3 is 0 Å². The number of hydrogen-bond acceptors (Lipinski definition) is 4. The minimum atomic E-state index is -0.306. The number of thioether (sulfide) groups is 1. The first-order valence-electron chi connectivity index (χ1n) is 8.65. The van der Waals surface area contributed by atoms with E-state index in [9.17, 15) is 9.59 Å². The first kappa shape index (κ1) is 20.0. The van der Waals surface area contributed by atoms with Gasteiger partial charge in [0, 0.05) is 22.2 Å². The van der Waals surface area contributed by atoms with Crippen LogP contribution in [-0.2, 0) is 11.3 Å². The molecule has 2 amide bonds. The minimum absolute atomic E-state index is 0.0462. The van der Waals surface area contributed by atoms with E-state index < -0.39 is 0 Å². The highest BCUT2D eigenvalue weighted by molar-refractivity contribution is 8.00. The number of benzene rings is 2. The molecule has 3 aromatic rings. The number of furan rings is 1. The normalized spacial score (nSPS) is 11.6. The lowest BCUT2D eigenvalue weighted by atomic mass is 10.2. The summed E-state index contributed by atoms with van der Waals surface area (Å²) in [6, 6.07) is 17.9. The zero-order valence-corrected chi connectivity index (χ0v) is 16.7. The predicted molar refractivity (Wildman–Crippen MR) is 112 cm³/mol. The van der Waals surface area contributed by atoms with Gasteiger partial charge in [0.1, 0.15) is 0 Å². The molecule has 0 aliphatic heterocycles. The summed E-state index contributed by atoms with van der Waals surface area (Å²) in [4.78, 5) is 25.2. The molecule has 0 radical (unpaired) electrons. The Hall–Kier alpha value is -2.70. The van der Waals surface area contributed by atoms with Gasteiger partial charge in [0.05, 0.1) is 11.5 Å². The second-order valence-electron chi connectivity index (χ2n) is 6.06. The Morgan fingerprint density at radius 3 is 2.43 bits per heavy atom. The summed E-state index contributed by atoms with van der Waals surface area (Å²) in [7, 11) is 0. The largest absolute Gasteiger partial charge is 0.459 e.